The van der Waals surface area contributed by atoms with E-state index in [-0.39, 0.29) is 5.97 Å². The number of aromatic nitrogens is 1. The van der Waals surface area contributed by atoms with Crippen molar-refractivity contribution in [2.75, 3.05) is 13.7 Å². The molecule has 1 aliphatic carbocycles. The van der Waals surface area contributed by atoms with Crippen molar-refractivity contribution in [2.24, 2.45) is 0 Å². The van der Waals surface area contributed by atoms with Crippen molar-refractivity contribution in [3.05, 3.63) is 23.5 Å². The predicted octanol–water partition coefficient (Wildman–Crippen LogP) is 2.89. The molecule has 19 heavy (non-hydrogen) atoms. The SMILES string of the molecule is CCOc1cc(C(=O)OC)cc2c(C3CC3)onc12. The fourth-order valence-electron chi connectivity index (χ4n) is 2.18. The molecule has 5 nitrogen and oxygen atoms in total. The molecule has 0 saturated heterocycles. The Morgan fingerprint density at radius 1 is 1.47 bits per heavy atom. The van der Waals surface area contributed by atoms with E-state index in [2.05, 4.69) is 5.16 Å². The van der Waals surface area contributed by atoms with Crippen LogP contribution < -0.4 is 4.74 Å². The highest BCUT2D eigenvalue weighted by Gasteiger charge is 2.31. The number of esters is 1. The molecule has 1 saturated carbocycles. The van der Waals surface area contributed by atoms with Crippen molar-refractivity contribution in [1.82, 2.24) is 5.16 Å². The first-order valence-electron chi connectivity index (χ1n) is 6.39. The molecular formula is C14H15NO4. The van der Waals surface area contributed by atoms with Crippen molar-refractivity contribution >= 4 is 16.9 Å². The number of hydrogen-bond acceptors (Lipinski definition) is 5. The summed E-state index contributed by atoms with van der Waals surface area (Å²) in [6, 6.07) is 3.42. The maximum Gasteiger partial charge on any atom is 0.338 e. The highest BCUT2D eigenvalue weighted by molar-refractivity contribution is 5.97. The maximum atomic E-state index is 11.7. The van der Waals surface area contributed by atoms with Crippen LogP contribution in [0.5, 0.6) is 5.75 Å². The molecule has 0 aliphatic heterocycles. The monoisotopic (exact) mass is 261 g/mol. The van der Waals surface area contributed by atoms with Crippen LogP contribution in [0.1, 0.15) is 41.8 Å². The lowest BCUT2D eigenvalue weighted by molar-refractivity contribution is 0.0600. The second kappa shape index (κ2) is 4.57. The van der Waals surface area contributed by atoms with E-state index in [1.807, 2.05) is 6.92 Å². The van der Waals surface area contributed by atoms with Gasteiger partial charge in [-0.3, -0.25) is 0 Å². The first-order chi connectivity index (χ1) is 9.24. The second-order valence-corrected chi connectivity index (χ2v) is 4.62. The lowest BCUT2D eigenvalue weighted by Crippen LogP contribution is -2.02. The lowest BCUT2D eigenvalue weighted by Gasteiger charge is -2.06. The molecule has 1 fully saturated rings. The second-order valence-electron chi connectivity index (χ2n) is 4.62. The molecule has 0 amide bonds. The first-order valence-corrected chi connectivity index (χ1v) is 6.39. The van der Waals surface area contributed by atoms with Crippen molar-refractivity contribution in [3.8, 4) is 5.75 Å². The topological polar surface area (TPSA) is 61.6 Å². The lowest BCUT2D eigenvalue weighted by atomic mass is 10.1. The third kappa shape index (κ3) is 2.05. The molecule has 0 N–H and O–H groups in total. The summed E-state index contributed by atoms with van der Waals surface area (Å²) in [5, 5.41) is 4.93. The highest BCUT2D eigenvalue weighted by Crippen LogP contribution is 2.44. The molecule has 5 heteroatoms. The smallest absolute Gasteiger partial charge is 0.338 e. The molecule has 2 aromatic rings. The minimum Gasteiger partial charge on any atom is -0.491 e. The minimum atomic E-state index is -0.384. The first kappa shape index (κ1) is 12.0. The number of ether oxygens (including phenoxy) is 2. The Morgan fingerprint density at radius 3 is 2.89 bits per heavy atom. The van der Waals surface area contributed by atoms with Crippen LogP contribution in [-0.2, 0) is 4.74 Å². The molecular weight excluding hydrogens is 246 g/mol. The van der Waals surface area contributed by atoms with E-state index in [0.717, 1.165) is 24.0 Å². The van der Waals surface area contributed by atoms with E-state index < -0.39 is 0 Å². The summed E-state index contributed by atoms with van der Waals surface area (Å²) in [5.41, 5.74) is 1.14. The number of rotatable bonds is 4. The third-order valence-corrected chi connectivity index (χ3v) is 3.24. The number of methoxy groups -OCH3 is 1. The zero-order valence-corrected chi connectivity index (χ0v) is 10.9. The Bertz CT molecular complexity index is 628. The number of benzene rings is 1. The standard InChI is InChI=1S/C14H15NO4/c1-3-18-11-7-9(14(16)17-2)6-10-12(11)15-19-13(10)8-4-5-8/h6-8H,3-5H2,1-2H3. The maximum absolute atomic E-state index is 11.7. The Morgan fingerprint density at radius 2 is 2.26 bits per heavy atom. The number of carbonyl (C=O) groups excluding carboxylic acids is 1. The van der Waals surface area contributed by atoms with E-state index in [0.29, 0.717) is 29.4 Å². The largest absolute Gasteiger partial charge is 0.491 e. The average molecular weight is 261 g/mol. The highest BCUT2D eigenvalue weighted by atomic mass is 16.5. The van der Waals surface area contributed by atoms with Gasteiger partial charge in [0.05, 0.1) is 19.3 Å². The van der Waals surface area contributed by atoms with Gasteiger partial charge in [0.2, 0.25) is 0 Å². The summed E-state index contributed by atoms with van der Waals surface area (Å²) in [6.45, 7) is 2.39. The van der Waals surface area contributed by atoms with Gasteiger partial charge in [-0.25, -0.2) is 4.79 Å². The van der Waals surface area contributed by atoms with E-state index in [1.165, 1.54) is 7.11 Å². The van der Waals surface area contributed by atoms with Gasteiger partial charge in [-0.15, -0.1) is 0 Å². The van der Waals surface area contributed by atoms with E-state index in [1.54, 1.807) is 12.1 Å². The van der Waals surface area contributed by atoms with Gasteiger partial charge >= 0.3 is 5.97 Å². The van der Waals surface area contributed by atoms with Gasteiger partial charge in [-0.2, -0.15) is 0 Å². The van der Waals surface area contributed by atoms with Crippen LogP contribution in [0.3, 0.4) is 0 Å². The van der Waals surface area contributed by atoms with Crippen molar-refractivity contribution in [2.45, 2.75) is 25.7 Å². The molecule has 100 valence electrons. The molecule has 3 rings (SSSR count). The molecule has 1 heterocycles. The van der Waals surface area contributed by atoms with Crippen molar-refractivity contribution in [3.63, 3.8) is 0 Å². The molecule has 0 spiro atoms. The van der Waals surface area contributed by atoms with Crippen molar-refractivity contribution < 1.29 is 18.8 Å². The summed E-state index contributed by atoms with van der Waals surface area (Å²) in [5.74, 6) is 1.45. The molecule has 0 radical (unpaired) electrons. The normalized spacial score (nSPS) is 14.6. The minimum absolute atomic E-state index is 0.384. The average Bonchev–Trinajstić information content (AvgIpc) is 3.18. The van der Waals surface area contributed by atoms with E-state index in [4.69, 9.17) is 14.0 Å². The van der Waals surface area contributed by atoms with Crippen LogP contribution in [0.25, 0.3) is 10.9 Å². The summed E-state index contributed by atoms with van der Waals surface area (Å²) in [6.07, 6.45) is 2.22. The van der Waals surface area contributed by atoms with Crippen LogP contribution in [0, 0.1) is 0 Å². The number of hydrogen-bond donors (Lipinski definition) is 0. The fraction of sp³-hybridized carbons (Fsp3) is 0.429. The van der Waals surface area contributed by atoms with Gasteiger partial charge in [0.1, 0.15) is 11.5 Å². The van der Waals surface area contributed by atoms with Crippen LogP contribution >= 0.6 is 0 Å². The number of nitrogens with zero attached hydrogens (tertiary/aromatic N) is 1. The number of carbonyl (C=O) groups is 1. The molecule has 0 bridgehead atoms. The Balaban J connectivity index is 2.17. The summed E-state index contributed by atoms with van der Waals surface area (Å²) in [7, 11) is 1.36. The molecule has 1 aliphatic rings. The molecule has 1 aromatic carbocycles. The molecule has 0 atom stereocenters. The molecule has 0 unspecified atom stereocenters. The summed E-state index contributed by atoms with van der Waals surface area (Å²) in [4.78, 5) is 11.7. The van der Waals surface area contributed by atoms with Gasteiger partial charge < -0.3 is 14.0 Å². The van der Waals surface area contributed by atoms with Gasteiger partial charge in [0.15, 0.2) is 5.52 Å². The predicted molar refractivity (Wildman–Crippen MR) is 68.5 cm³/mol. The Labute approximate surface area is 110 Å². The zero-order valence-electron chi connectivity index (χ0n) is 10.9. The fourth-order valence-corrected chi connectivity index (χ4v) is 2.18. The zero-order chi connectivity index (χ0) is 13.4. The van der Waals surface area contributed by atoms with Gasteiger partial charge in [0, 0.05) is 11.3 Å². The molecule has 1 aromatic heterocycles. The Hall–Kier alpha value is -2.04. The van der Waals surface area contributed by atoms with Crippen molar-refractivity contribution in [1.29, 1.82) is 0 Å². The Kier molecular flexibility index (Phi) is 2.89. The van der Waals surface area contributed by atoms with E-state index >= 15 is 0 Å². The van der Waals surface area contributed by atoms with Crippen LogP contribution in [0.15, 0.2) is 16.7 Å². The van der Waals surface area contributed by atoms with Gasteiger partial charge in [-0.1, -0.05) is 5.16 Å². The van der Waals surface area contributed by atoms with Gasteiger partial charge in [-0.05, 0) is 31.9 Å². The van der Waals surface area contributed by atoms with E-state index in [9.17, 15) is 4.79 Å². The quantitative estimate of drug-likeness (QED) is 0.792. The third-order valence-electron chi connectivity index (χ3n) is 3.24. The van der Waals surface area contributed by atoms with Gasteiger partial charge in [0.25, 0.3) is 0 Å². The van der Waals surface area contributed by atoms with Crippen LogP contribution in [0.4, 0.5) is 0 Å². The number of fused-ring (bicyclic) bond motifs is 1. The van der Waals surface area contributed by atoms with Crippen LogP contribution in [-0.4, -0.2) is 24.8 Å². The summed E-state index contributed by atoms with van der Waals surface area (Å²) >= 11 is 0. The van der Waals surface area contributed by atoms with Crippen LogP contribution in [0.2, 0.25) is 0 Å². The summed E-state index contributed by atoms with van der Waals surface area (Å²) < 4.78 is 15.7.